The minimum Gasteiger partial charge on any atom is -0.446 e. The average Bonchev–Trinajstić information content (AvgIpc) is 3.04. The van der Waals surface area contributed by atoms with Crippen LogP contribution in [0, 0.1) is 11.8 Å². The number of fused-ring (bicyclic) bond motifs is 2. The van der Waals surface area contributed by atoms with Crippen LogP contribution in [-0.4, -0.2) is 76.7 Å². The lowest BCUT2D eigenvalue weighted by molar-refractivity contribution is -0.125. The highest BCUT2D eigenvalue weighted by Crippen LogP contribution is 2.26. The number of benzene rings is 2. The Labute approximate surface area is 271 Å². The number of alkyl carbamates (subject to hydrolysis) is 1. The number of rotatable bonds is 16. The number of amides is 3. The van der Waals surface area contributed by atoms with Gasteiger partial charge in [0, 0.05) is 37.1 Å². The summed E-state index contributed by atoms with van der Waals surface area (Å²) in [7, 11) is 0. The Morgan fingerprint density at radius 2 is 1.39 bits per heavy atom. The lowest BCUT2D eigenvalue weighted by Crippen LogP contribution is -2.34. The molecule has 2 aromatic carbocycles. The van der Waals surface area contributed by atoms with E-state index in [-0.39, 0.29) is 30.8 Å². The van der Waals surface area contributed by atoms with Crippen molar-refractivity contribution >= 4 is 23.6 Å². The molecule has 10 nitrogen and oxygen atoms in total. The van der Waals surface area contributed by atoms with Gasteiger partial charge in [-0.2, -0.15) is 0 Å². The number of ether oxygens (including phenoxy) is 4. The van der Waals surface area contributed by atoms with Gasteiger partial charge in [0.2, 0.25) is 11.8 Å². The van der Waals surface area contributed by atoms with Crippen molar-refractivity contribution in [3.63, 3.8) is 0 Å². The lowest BCUT2D eigenvalue weighted by atomic mass is 10.0. The van der Waals surface area contributed by atoms with Crippen molar-refractivity contribution in [2.24, 2.45) is 0 Å². The predicted octanol–water partition coefficient (Wildman–Crippen LogP) is 4.49. The maximum atomic E-state index is 13.3. The molecule has 0 spiro atoms. The van der Waals surface area contributed by atoms with Crippen molar-refractivity contribution < 1.29 is 33.3 Å². The standard InChI is InChI=1S/C36H45N3O7/c40-34(18-19-35(41)39-28-31-12-7-6-10-29(31)16-17-30-11-8-9-15-33(30)39)37-20-22-43-24-26-45-27-25-44-23-21-38-36(42)46-32-13-4-2-1-3-5-14-32/h1-2,6-12,15,32H,3-5,13-14,18-28H2,(H,37,40)(H,38,42)/b2-1-. The quantitative estimate of drug-likeness (QED) is 0.159. The highest BCUT2D eigenvalue weighted by atomic mass is 16.6. The minimum atomic E-state index is -0.396. The van der Waals surface area contributed by atoms with Crippen LogP contribution >= 0.6 is 0 Å². The molecule has 3 amide bonds. The zero-order valence-electron chi connectivity index (χ0n) is 26.5. The molecule has 1 heterocycles. The topological polar surface area (TPSA) is 115 Å². The molecule has 246 valence electrons. The zero-order valence-corrected chi connectivity index (χ0v) is 26.5. The Hall–Kier alpha value is -4.17. The number of hydrogen-bond donors (Lipinski definition) is 2. The normalized spacial score (nSPS) is 16.2. The molecule has 1 unspecified atom stereocenters. The van der Waals surface area contributed by atoms with E-state index < -0.39 is 6.09 Å². The van der Waals surface area contributed by atoms with Crippen molar-refractivity contribution in [1.29, 1.82) is 0 Å². The maximum absolute atomic E-state index is 13.3. The highest BCUT2D eigenvalue weighted by molar-refractivity contribution is 5.96. The van der Waals surface area contributed by atoms with Crippen molar-refractivity contribution in [3.8, 4) is 11.8 Å². The largest absolute Gasteiger partial charge is 0.446 e. The van der Waals surface area contributed by atoms with Gasteiger partial charge in [-0.05, 0) is 55.9 Å². The van der Waals surface area contributed by atoms with E-state index in [9.17, 15) is 14.4 Å². The fourth-order valence-electron chi connectivity index (χ4n) is 5.12. The van der Waals surface area contributed by atoms with Crippen molar-refractivity contribution in [2.45, 2.75) is 57.6 Å². The van der Waals surface area contributed by atoms with Crippen LogP contribution in [0.15, 0.2) is 60.7 Å². The smallest absolute Gasteiger partial charge is 0.407 e. The highest BCUT2D eigenvalue weighted by Gasteiger charge is 2.21. The number of nitrogens with zero attached hydrogens (tertiary/aromatic N) is 1. The number of para-hydroxylation sites is 1. The van der Waals surface area contributed by atoms with Crippen LogP contribution in [0.2, 0.25) is 0 Å². The summed E-state index contributed by atoms with van der Waals surface area (Å²) in [6.45, 7) is 3.45. The summed E-state index contributed by atoms with van der Waals surface area (Å²) < 4.78 is 22.0. The minimum absolute atomic E-state index is 0.0254. The van der Waals surface area contributed by atoms with Gasteiger partial charge < -0.3 is 34.5 Å². The van der Waals surface area contributed by atoms with E-state index in [2.05, 4.69) is 34.6 Å². The Bertz CT molecular complexity index is 1370. The maximum Gasteiger partial charge on any atom is 0.407 e. The van der Waals surface area contributed by atoms with Crippen LogP contribution in [0.1, 0.15) is 61.6 Å². The van der Waals surface area contributed by atoms with Crippen LogP contribution in [0.4, 0.5) is 10.5 Å². The third-order valence-corrected chi connectivity index (χ3v) is 7.56. The second kappa shape index (κ2) is 20.1. The molecule has 1 atom stereocenters. The van der Waals surface area contributed by atoms with Crippen molar-refractivity contribution in [2.75, 3.05) is 57.6 Å². The van der Waals surface area contributed by atoms with Crippen LogP contribution in [-0.2, 0) is 35.1 Å². The summed E-state index contributed by atoms with van der Waals surface area (Å²) in [5.74, 6) is 6.06. The molecule has 0 aromatic heterocycles. The third-order valence-electron chi connectivity index (χ3n) is 7.56. The van der Waals surface area contributed by atoms with E-state index in [4.69, 9.17) is 18.9 Å². The Balaban J connectivity index is 0.991. The molecule has 46 heavy (non-hydrogen) atoms. The first kappa shape index (κ1) is 34.7. The zero-order chi connectivity index (χ0) is 32.2. The van der Waals surface area contributed by atoms with Crippen molar-refractivity contribution in [1.82, 2.24) is 10.6 Å². The fraction of sp³-hybridized carbons (Fsp3) is 0.472. The van der Waals surface area contributed by atoms with E-state index in [1.807, 2.05) is 48.5 Å². The Kier molecular flexibility index (Phi) is 15.1. The summed E-state index contributed by atoms with van der Waals surface area (Å²) in [6, 6.07) is 15.4. The molecule has 0 saturated heterocycles. The Morgan fingerprint density at radius 3 is 2.20 bits per heavy atom. The van der Waals surface area contributed by atoms with Crippen molar-refractivity contribution in [3.05, 3.63) is 77.4 Å². The molecule has 4 rings (SSSR count). The predicted molar refractivity (Wildman–Crippen MR) is 175 cm³/mol. The first-order valence-corrected chi connectivity index (χ1v) is 16.2. The summed E-state index contributed by atoms with van der Waals surface area (Å²) in [5.41, 5.74) is 3.41. The summed E-state index contributed by atoms with van der Waals surface area (Å²) in [5, 5.41) is 5.53. The molecule has 0 bridgehead atoms. The molecule has 2 aromatic rings. The van der Waals surface area contributed by atoms with Gasteiger partial charge >= 0.3 is 6.09 Å². The molecule has 0 saturated carbocycles. The monoisotopic (exact) mass is 631 g/mol. The first-order chi connectivity index (χ1) is 22.6. The van der Waals surface area contributed by atoms with Crippen LogP contribution in [0.25, 0.3) is 0 Å². The van der Waals surface area contributed by atoms with Gasteiger partial charge in [-0.1, -0.05) is 54.3 Å². The summed E-state index contributed by atoms with van der Waals surface area (Å²) in [4.78, 5) is 39.3. The van der Waals surface area contributed by atoms with Crippen LogP contribution < -0.4 is 15.5 Å². The number of anilines is 1. The van der Waals surface area contributed by atoms with Crippen LogP contribution in [0.5, 0.6) is 0 Å². The van der Waals surface area contributed by atoms with E-state index in [0.717, 1.165) is 54.5 Å². The number of carbonyl (C=O) groups excluding carboxylic acids is 3. The van der Waals surface area contributed by atoms with Gasteiger partial charge in [0.25, 0.3) is 0 Å². The molecule has 0 radical (unpaired) electrons. The van der Waals surface area contributed by atoms with Crippen LogP contribution in [0.3, 0.4) is 0 Å². The number of carbonyl (C=O) groups is 3. The van der Waals surface area contributed by atoms with Gasteiger partial charge in [-0.25, -0.2) is 4.79 Å². The van der Waals surface area contributed by atoms with E-state index >= 15 is 0 Å². The molecule has 0 fully saturated rings. The van der Waals surface area contributed by atoms with Gasteiger partial charge in [-0.15, -0.1) is 0 Å². The Morgan fingerprint density at radius 1 is 0.739 bits per heavy atom. The number of hydrogen-bond acceptors (Lipinski definition) is 7. The van der Waals surface area contributed by atoms with E-state index in [1.165, 1.54) is 0 Å². The summed E-state index contributed by atoms with van der Waals surface area (Å²) >= 11 is 0. The third kappa shape index (κ3) is 12.3. The molecular weight excluding hydrogens is 586 g/mol. The molecule has 2 N–H and O–H groups in total. The molecule has 2 aliphatic rings. The first-order valence-electron chi connectivity index (χ1n) is 16.2. The fourth-order valence-corrected chi connectivity index (χ4v) is 5.12. The molecule has 1 aliphatic heterocycles. The molecule has 10 heteroatoms. The number of allylic oxidation sites excluding steroid dienone is 2. The average molecular weight is 632 g/mol. The van der Waals surface area contributed by atoms with Gasteiger partial charge in [0.05, 0.1) is 51.9 Å². The summed E-state index contributed by atoms with van der Waals surface area (Å²) in [6.07, 6.45) is 8.86. The van der Waals surface area contributed by atoms with Gasteiger partial charge in [-0.3, -0.25) is 9.59 Å². The second-order valence-electron chi connectivity index (χ2n) is 11.0. The van der Waals surface area contributed by atoms with Gasteiger partial charge in [0.1, 0.15) is 6.10 Å². The number of nitrogens with one attached hydrogen (secondary N) is 2. The van der Waals surface area contributed by atoms with E-state index in [0.29, 0.717) is 59.3 Å². The SMILES string of the molecule is O=C(CCC(=O)N1Cc2ccccc2C#Cc2ccccc21)NCCOCCOCCOCCNC(=O)OC1CC/C=C\CCC1. The molecular formula is C36H45N3O7. The van der Waals surface area contributed by atoms with E-state index in [1.54, 1.807) is 4.90 Å². The molecule has 1 aliphatic carbocycles. The lowest BCUT2D eigenvalue weighted by Gasteiger charge is -2.26. The second-order valence-corrected chi connectivity index (χ2v) is 11.0. The van der Waals surface area contributed by atoms with Gasteiger partial charge in [0.15, 0.2) is 0 Å².